The van der Waals surface area contributed by atoms with E-state index in [9.17, 15) is 0 Å². The zero-order valence-corrected chi connectivity index (χ0v) is 9.32. The van der Waals surface area contributed by atoms with E-state index in [1.807, 2.05) is 0 Å². The van der Waals surface area contributed by atoms with Gasteiger partial charge in [-0.25, -0.2) is 4.98 Å². The first-order chi connectivity index (χ1) is 7.29. The highest BCUT2D eigenvalue weighted by atomic mass is 16.5. The molecule has 1 fully saturated rings. The van der Waals surface area contributed by atoms with E-state index in [4.69, 9.17) is 9.15 Å². The van der Waals surface area contributed by atoms with Crippen molar-refractivity contribution >= 4 is 0 Å². The van der Waals surface area contributed by atoms with Crippen LogP contribution in [0.25, 0.3) is 0 Å². The van der Waals surface area contributed by atoms with Gasteiger partial charge in [-0.15, -0.1) is 0 Å². The van der Waals surface area contributed by atoms with Crippen LogP contribution in [0.5, 0.6) is 0 Å². The maximum atomic E-state index is 5.71. The van der Waals surface area contributed by atoms with Crippen LogP contribution in [-0.2, 0) is 11.3 Å². The largest absolute Gasteiger partial charge is 0.442 e. The second-order valence-corrected chi connectivity index (χ2v) is 3.95. The minimum Gasteiger partial charge on any atom is -0.442 e. The number of rotatable bonds is 4. The maximum Gasteiger partial charge on any atom is 0.208 e. The SMILES string of the molecule is CCNCc1ncc(C2CCC(C)O2)o1. The van der Waals surface area contributed by atoms with Gasteiger partial charge in [0.25, 0.3) is 0 Å². The molecule has 1 aromatic rings. The van der Waals surface area contributed by atoms with Gasteiger partial charge < -0.3 is 14.5 Å². The molecule has 1 aliphatic heterocycles. The molecule has 2 unspecified atom stereocenters. The van der Waals surface area contributed by atoms with Gasteiger partial charge in [-0.2, -0.15) is 0 Å². The van der Waals surface area contributed by atoms with Crippen molar-refractivity contribution in [1.82, 2.24) is 10.3 Å². The van der Waals surface area contributed by atoms with Crippen molar-refractivity contribution in [1.29, 1.82) is 0 Å². The summed E-state index contributed by atoms with van der Waals surface area (Å²) in [5.74, 6) is 1.61. The summed E-state index contributed by atoms with van der Waals surface area (Å²) in [5, 5.41) is 3.18. The minimum absolute atomic E-state index is 0.114. The van der Waals surface area contributed by atoms with Crippen LogP contribution in [-0.4, -0.2) is 17.6 Å². The second kappa shape index (κ2) is 4.77. The first-order valence-corrected chi connectivity index (χ1v) is 5.60. The van der Waals surface area contributed by atoms with Crippen LogP contribution in [0.4, 0.5) is 0 Å². The smallest absolute Gasteiger partial charge is 0.208 e. The van der Waals surface area contributed by atoms with Gasteiger partial charge in [0.05, 0.1) is 18.8 Å². The van der Waals surface area contributed by atoms with Crippen LogP contribution in [0.2, 0.25) is 0 Å². The van der Waals surface area contributed by atoms with E-state index in [1.54, 1.807) is 6.20 Å². The quantitative estimate of drug-likeness (QED) is 0.826. The maximum absolute atomic E-state index is 5.71. The molecule has 2 atom stereocenters. The number of nitrogens with zero attached hydrogens (tertiary/aromatic N) is 1. The van der Waals surface area contributed by atoms with Gasteiger partial charge >= 0.3 is 0 Å². The summed E-state index contributed by atoms with van der Waals surface area (Å²) in [5.41, 5.74) is 0. The van der Waals surface area contributed by atoms with Gasteiger partial charge in [0.1, 0.15) is 6.10 Å². The third-order valence-electron chi connectivity index (χ3n) is 2.65. The number of hydrogen-bond donors (Lipinski definition) is 1. The number of nitrogens with one attached hydrogen (secondary N) is 1. The molecule has 0 aromatic carbocycles. The zero-order chi connectivity index (χ0) is 10.7. The van der Waals surface area contributed by atoms with Crippen LogP contribution in [0, 0.1) is 0 Å². The zero-order valence-electron chi connectivity index (χ0n) is 9.32. The second-order valence-electron chi connectivity index (χ2n) is 3.95. The highest BCUT2D eigenvalue weighted by molar-refractivity contribution is 5.00. The predicted octanol–water partition coefficient (Wildman–Crippen LogP) is 2.02. The number of ether oxygens (including phenoxy) is 1. The molecule has 84 valence electrons. The highest BCUT2D eigenvalue weighted by Gasteiger charge is 2.26. The first kappa shape index (κ1) is 10.6. The standard InChI is InChI=1S/C11H18N2O2/c1-3-12-7-11-13-6-10(15-11)9-5-4-8(2)14-9/h6,8-9,12H,3-5,7H2,1-2H3. The minimum atomic E-state index is 0.114. The Morgan fingerprint density at radius 1 is 1.53 bits per heavy atom. The lowest BCUT2D eigenvalue weighted by Gasteiger charge is -2.06. The van der Waals surface area contributed by atoms with Gasteiger partial charge in [0.15, 0.2) is 5.76 Å². The van der Waals surface area contributed by atoms with E-state index < -0.39 is 0 Å². The van der Waals surface area contributed by atoms with Crippen molar-refractivity contribution in [2.24, 2.45) is 0 Å². The molecule has 2 rings (SSSR count). The molecule has 1 aromatic heterocycles. The summed E-state index contributed by atoms with van der Waals surface area (Å²) < 4.78 is 11.3. The summed E-state index contributed by atoms with van der Waals surface area (Å²) >= 11 is 0. The molecule has 1 saturated heterocycles. The third kappa shape index (κ3) is 2.58. The van der Waals surface area contributed by atoms with E-state index in [0.717, 1.165) is 31.0 Å². The Bertz CT molecular complexity index is 311. The summed E-state index contributed by atoms with van der Waals surface area (Å²) in [4.78, 5) is 4.21. The molecule has 0 saturated carbocycles. The van der Waals surface area contributed by atoms with Gasteiger partial charge in [-0.3, -0.25) is 0 Å². The fraction of sp³-hybridized carbons (Fsp3) is 0.727. The fourth-order valence-corrected chi connectivity index (χ4v) is 1.80. The van der Waals surface area contributed by atoms with Crippen molar-refractivity contribution < 1.29 is 9.15 Å². The summed E-state index contributed by atoms with van der Waals surface area (Å²) in [6, 6.07) is 0. The molecule has 4 heteroatoms. The van der Waals surface area contributed by atoms with E-state index in [-0.39, 0.29) is 6.10 Å². The number of hydrogen-bond acceptors (Lipinski definition) is 4. The molecule has 0 spiro atoms. The van der Waals surface area contributed by atoms with E-state index in [0.29, 0.717) is 12.6 Å². The van der Waals surface area contributed by atoms with Crippen LogP contribution in [0.1, 0.15) is 44.4 Å². The average molecular weight is 210 g/mol. The van der Waals surface area contributed by atoms with Crippen LogP contribution >= 0.6 is 0 Å². The molecular weight excluding hydrogens is 192 g/mol. The Hall–Kier alpha value is -0.870. The molecule has 0 bridgehead atoms. The molecule has 0 amide bonds. The van der Waals surface area contributed by atoms with E-state index in [1.165, 1.54) is 0 Å². The van der Waals surface area contributed by atoms with Gasteiger partial charge in [0.2, 0.25) is 5.89 Å². The van der Waals surface area contributed by atoms with Crippen molar-refractivity contribution in [3.8, 4) is 0 Å². The normalized spacial score (nSPS) is 26.0. The Labute approximate surface area is 90.0 Å². The van der Waals surface area contributed by atoms with Crippen molar-refractivity contribution in [2.45, 2.75) is 45.4 Å². The average Bonchev–Trinajstić information content (AvgIpc) is 2.83. The lowest BCUT2D eigenvalue weighted by Crippen LogP contribution is -2.11. The Morgan fingerprint density at radius 2 is 2.40 bits per heavy atom. The highest BCUT2D eigenvalue weighted by Crippen LogP contribution is 2.32. The molecule has 15 heavy (non-hydrogen) atoms. The summed E-state index contributed by atoms with van der Waals surface area (Å²) in [6.45, 7) is 5.77. The molecule has 4 nitrogen and oxygen atoms in total. The van der Waals surface area contributed by atoms with Crippen LogP contribution in [0.15, 0.2) is 10.6 Å². The molecule has 0 aliphatic carbocycles. The number of oxazole rings is 1. The molecule has 1 aliphatic rings. The molecule has 1 N–H and O–H groups in total. The summed E-state index contributed by atoms with van der Waals surface area (Å²) in [6.07, 6.45) is 4.39. The summed E-state index contributed by atoms with van der Waals surface area (Å²) in [7, 11) is 0. The lowest BCUT2D eigenvalue weighted by molar-refractivity contribution is 0.0417. The van der Waals surface area contributed by atoms with E-state index in [2.05, 4.69) is 24.1 Å². The van der Waals surface area contributed by atoms with Crippen LogP contribution < -0.4 is 5.32 Å². The van der Waals surface area contributed by atoms with Gasteiger partial charge in [-0.1, -0.05) is 6.92 Å². The topological polar surface area (TPSA) is 47.3 Å². The van der Waals surface area contributed by atoms with E-state index >= 15 is 0 Å². The van der Waals surface area contributed by atoms with Crippen molar-refractivity contribution in [2.75, 3.05) is 6.54 Å². The van der Waals surface area contributed by atoms with Gasteiger partial charge in [0, 0.05) is 0 Å². The molecule has 2 heterocycles. The Balaban J connectivity index is 1.94. The predicted molar refractivity (Wildman–Crippen MR) is 56.4 cm³/mol. The Morgan fingerprint density at radius 3 is 3.07 bits per heavy atom. The Kier molecular flexibility index (Phi) is 3.38. The van der Waals surface area contributed by atoms with Crippen molar-refractivity contribution in [3.05, 3.63) is 17.8 Å². The fourth-order valence-electron chi connectivity index (χ4n) is 1.80. The van der Waals surface area contributed by atoms with Crippen LogP contribution in [0.3, 0.4) is 0 Å². The van der Waals surface area contributed by atoms with Crippen molar-refractivity contribution in [3.63, 3.8) is 0 Å². The van der Waals surface area contributed by atoms with Gasteiger partial charge in [-0.05, 0) is 26.3 Å². The lowest BCUT2D eigenvalue weighted by atomic mass is 10.2. The third-order valence-corrected chi connectivity index (χ3v) is 2.65. The monoisotopic (exact) mass is 210 g/mol. The molecular formula is C11H18N2O2. The number of aromatic nitrogens is 1. The molecule has 0 radical (unpaired) electrons. The first-order valence-electron chi connectivity index (χ1n) is 5.60.